The second-order valence-corrected chi connectivity index (χ2v) is 6.21. The molecule has 2 heterocycles. The summed E-state index contributed by atoms with van der Waals surface area (Å²) >= 11 is 1.75. The zero-order chi connectivity index (χ0) is 14.8. The van der Waals surface area contributed by atoms with Crippen LogP contribution in [0, 0.1) is 6.92 Å². The number of fused-ring (bicyclic) bond motifs is 1. The zero-order valence-electron chi connectivity index (χ0n) is 12.4. The summed E-state index contributed by atoms with van der Waals surface area (Å²) in [6, 6.07) is 8.33. The molecule has 0 bridgehead atoms. The van der Waals surface area contributed by atoms with Crippen molar-refractivity contribution in [2.24, 2.45) is 0 Å². The lowest BCUT2D eigenvalue weighted by atomic mass is 10.1. The molecule has 4 nitrogen and oxygen atoms in total. The standard InChI is InChI=1S/C16H18N4S/c1-4-12-9-17-16(21-12)11(3)18-15-14-8-6-5-7-13(14)10(2)19-20-15/h5-9,11H,4H2,1-3H3,(H,18,20). The van der Waals surface area contributed by atoms with E-state index in [1.54, 1.807) is 11.3 Å². The summed E-state index contributed by atoms with van der Waals surface area (Å²) in [5.74, 6) is 0.817. The molecule has 5 heteroatoms. The van der Waals surface area contributed by atoms with E-state index < -0.39 is 0 Å². The second kappa shape index (κ2) is 5.77. The average Bonchev–Trinajstić information content (AvgIpc) is 2.99. The first-order valence-corrected chi connectivity index (χ1v) is 7.94. The number of anilines is 1. The lowest BCUT2D eigenvalue weighted by molar-refractivity contribution is 0.850. The van der Waals surface area contributed by atoms with Crippen LogP contribution in [-0.2, 0) is 6.42 Å². The molecular formula is C16H18N4S. The van der Waals surface area contributed by atoms with Crippen LogP contribution < -0.4 is 5.32 Å². The maximum Gasteiger partial charge on any atom is 0.157 e. The molecule has 0 aliphatic carbocycles. The van der Waals surface area contributed by atoms with Crippen molar-refractivity contribution in [1.29, 1.82) is 0 Å². The third-order valence-corrected chi connectivity index (χ3v) is 4.84. The molecule has 1 N–H and O–H groups in total. The fourth-order valence-electron chi connectivity index (χ4n) is 2.30. The third-order valence-electron chi connectivity index (χ3n) is 3.52. The van der Waals surface area contributed by atoms with Gasteiger partial charge in [0.2, 0.25) is 0 Å². The summed E-state index contributed by atoms with van der Waals surface area (Å²) in [6.45, 7) is 6.24. The van der Waals surface area contributed by atoms with Crippen LogP contribution in [0.15, 0.2) is 30.5 Å². The number of aryl methyl sites for hydroxylation is 2. The van der Waals surface area contributed by atoms with E-state index in [9.17, 15) is 0 Å². The molecule has 0 fully saturated rings. The molecule has 0 aliphatic heterocycles. The van der Waals surface area contributed by atoms with Crippen LogP contribution >= 0.6 is 11.3 Å². The van der Waals surface area contributed by atoms with Crippen molar-refractivity contribution in [3.05, 3.63) is 46.0 Å². The van der Waals surface area contributed by atoms with Crippen LogP contribution in [0.4, 0.5) is 5.82 Å². The minimum Gasteiger partial charge on any atom is -0.359 e. The molecule has 1 unspecified atom stereocenters. The first kappa shape index (κ1) is 13.9. The number of rotatable bonds is 4. The average molecular weight is 298 g/mol. The Morgan fingerprint density at radius 2 is 1.95 bits per heavy atom. The molecule has 0 aliphatic rings. The SMILES string of the molecule is CCc1cnc(C(C)Nc2nnc(C)c3ccccc23)s1. The van der Waals surface area contributed by atoms with Crippen molar-refractivity contribution in [1.82, 2.24) is 15.2 Å². The van der Waals surface area contributed by atoms with Gasteiger partial charge in [-0.3, -0.25) is 0 Å². The number of thiazole rings is 1. The maximum absolute atomic E-state index is 4.49. The summed E-state index contributed by atoms with van der Waals surface area (Å²) in [4.78, 5) is 5.79. The van der Waals surface area contributed by atoms with Crippen LogP contribution in [-0.4, -0.2) is 15.2 Å². The quantitative estimate of drug-likeness (QED) is 0.787. The van der Waals surface area contributed by atoms with Crippen LogP contribution in [0.2, 0.25) is 0 Å². The molecular weight excluding hydrogens is 280 g/mol. The van der Waals surface area contributed by atoms with Crippen molar-refractivity contribution >= 4 is 27.9 Å². The van der Waals surface area contributed by atoms with Gasteiger partial charge >= 0.3 is 0 Å². The van der Waals surface area contributed by atoms with Crippen LogP contribution in [0.25, 0.3) is 10.8 Å². The molecule has 0 saturated carbocycles. The molecule has 1 atom stereocenters. The molecule has 3 rings (SSSR count). The fraction of sp³-hybridized carbons (Fsp3) is 0.312. The Bertz CT molecular complexity index is 766. The second-order valence-electron chi connectivity index (χ2n) is 5.06. The van der Waals surface area contributed by atoms with Crippen molar-refractivity contribution in [2.75, 3.05) is 5.32 Å². The molecule has 0 radical (unpaired) electrons. The lowest BCUT2D eigenvalue weighted by Gasteiger charge is -2.14. The summed E-state index contributed by atoms with van der Waals surface area (Å²) in [7, 11) is 0. The number of nitrogens with zero attached hydrogens (tertiary/aromatic N) is 3. The van der Waals surface area contributed by atoms with E-state index in [1.165, 1.54) is 4.88 Å². The van der Waals surface area contributed by atoms with E-state index >= 15 is 0 Å². The molecule has 2 aromatic heterocycles. The predicted molar refractivity (Wildman–Crippen MR) is 87.8 cm³/mol. The normalized spacial score (nSPS) is 12.5. The summed E-state index contributed by atoms with van der Waals surface area (Å²) in [5.41, 5.74) is 0.950. The van der Waals surface area contributed by atoms with Gasteiger partial charge in [0, 0.05) is 21.8 Å². The van der Waals surface area contributed by atoms with Gasteiger partial charge in [-0.25, -0.2) is 4.98 Å². The van der Waals surface area contributed by atoms with Crippen LogP contribution in [0.1, 0.15) is 35.5 Å². The van der Waals surface area contributed by atoms with Crippen molar-refractivity contribution in [2.45, 2.75) is 33.2 Å². The largest absolute Gasteiger partial charge is 0.359 e. The van der Waals surface area contributed by atoms with Crippen molar-refractivity contribution in [3.63, 3.8) is 0 Å². The van der Waals surface area contributed by atoms with Gasteiger partial charge < -0.3 is 5.32 Å². The van der Waals surface area contributed by atoms with Gasteiger partial charge in [-0.2, -0.15) is 5.10 Å². The van der Waals surface area contributed by atoms with Gasteiger partial charge in [0.05, 0.1) is 11.7 Å². The Labute approximate surface area is 128 Å². The topological polar surface area (TPSA) is 50.7 Å². The first-order valence-electron chi connectivity index (χ1n) is 7.12. The molecule has 1 aromatic carbocycles. The van der Waals surface area contributed by atoms with E-state index in [1.807, 2.05) is 25.3 Å². The minimum atomic E-state index is 0.121. The van der Waals surface area contributed by atoms with Crippen molar-refractivity contribution < 1.29 is 0 Å². The highest BCUT2D eigenvalue weighted by atomic mass is 32.1. The Hall–Kier alpha value is -2.01. The first-order chi connectivity index (χ1) is 10.2. The monoisotopic (exact) mass is 298 g/mol. The molecule has 0 amide bonds. The fourth-order valence-corrected chi connectivity index (χ4v) is 3.16. The lowest BCUT2D eigenvalue weighted by Crippen LogP contribution is -2.09. The zero-order valence-corrected chi connectivity index (χ0v) is 13.2. The van der Waals surface area contributed by atoms with Crippen LogP contribution in [0.5, 0.6) is 0 Å². The number of aromatic nitrogens is 3. The van der Waals surface area contributed by atoms with E-state index in [0.717, 1.165) is 33.7 Å². The van der Waals surface area contributed by atoms with Crippen molar-refractivity contribution in [3.8, 4) is 0 Å². The third kappa shape index (κ3) is 2.74. The predicted octanol–water partition coefficient (Wildman–Crippen LogP) is 4.13. The number of benzene rings is 1. The van der Waals surface area contributed by atoms with Gasteiger partial charge in [-0.15, -0.1) is 16.4 Å². The molecule has 108 valence electrons. The van der Waals surface area contributed by atoms with Gasteiger partial charge in [0.1, 0.15) is 5.01 Å². The Morgan fingerprint density at radius 3 is 2.67 bits per heavy atom. The number of hydrogen-bond acceptors (Lipinski definition) is 5. The summed E-state index contributed by atoms with van der Waals surface area (Å²) < 4.78 is 0. The number of nitrogens with one attached hydrogen (secondary N) is 1. The maximum atomic E-state index is 4.49. The van der Waals surface area contributed by atoms with Gasteiger partial charge in [0.15, 0.2) is 5.82 Å². The van der Waals surface area contributed by atoms with E-state index in [-0.39, 0.29) is 6.04 Å². The molecule has 0 saturated heterocycles. The van der Waals surface area contributed by atoms with E-state index in [4.69, 9.17) is 0 Å². The highest BCUT2D eigenvalue weighted by molar-refractivity contribution is 7.11. The van der Waals surface area contributed by atoms with Gasteiger partial charge in [-0.1, -0.05) is 31.2 Å². The van der Waals surface area contributed by atoms with E-state index in [2.05, 4.69) is 46.5 Å². The van der Waals surface area contributed by atoms with E-state index in [0.29, 0.717) is 0 Å². The highest BCUT2D eigenvalue weighted by Crippen LogP contribution is 2.27. The Kier molecular flexibility index (Phi) is 3.84. The summed E-state index contributed by atoms with van der Waals surface area (Å²) in [5, 5.41) is 15.3. The minimum absolute atomic E-state index is 0.121. The Morgan fingerprint density at radius 1 is 1.19 bits per heavy atom. The molecule has 3 aromatic rings. The van der Waals surface area contributed by atoms with Crippen LogP contribution in [0.3, 0.4) is 0 Å². The molecule has 0 spiro atoms. The highest BCUT2D eigenvalue weighted by Gasteiger charge is 2.13. The Balaban J connectivity index is 1.92. The molecule has 21 heavy (non-hydrogen) atoms. The van der Waals surface area contributed by atoms with Gasteiger partial charge in [-0.05, 0) is 20.3 Å². The van der Waals surface area contributed by atoms with Gasteiger partial charge in [0.25, 0.3) is 0 Å². The smallest absolute Gasteiger partial charge is 0.157 e. The summed E-state index contributed by atoms with van der Waals surface area (Å²) in [6.07, 6.45) is 2.98. The number of hydrogen-bond donors (Lipinski definition) is 1.